The molecule has 1 aromatic carbocycles. The summed E-state index contributed by atoms with van der Waals surface area (Å²) in [6.45, 7) is 2.29. The molecule has 0 aliphatic rings. The third kappa shape index (κ3) is 3.64. The maximum Gasteiger partial charge on any atom is 0.341 e. The number of methoxy groups -OCH3 is 1. The standard InChI is InChI=1S/C13H12O7/c1-7(15)19-10-4-9(6-14)12(20-8(2)16)11(5-10)13(17)18-3/h4-6H,1-3H3. The Labute approximate surface area is 114 Å². The molecular weight excluding hydrogens is 268 g/mol. The minimum atomic E-state index is -0.835. The summed E-state index contributed by atoms with van der Waals surface area (Å²) in [5.41, 5.74) is -0.303. The fraction of sp³-hybridized carbons (Fsp3) is 0.231. The van der Waals surface area contributed by atoms with Gasteiger partial charge in [-0.05, 0) is 12.1 Å². The number of rotatable bonds is 4. The molecule has 20 heavy (non-hydrogen) atoms. The molecule has 0 fully saturated rings. The number of carbonyl (C=O) groups excluding carboxylic acids is 4. The third-order valence-corrected chi connectivity index (χ3v) is 2.13. The second kappa shape index (κ2) is 6.46. The van der Waals surface area contributed by atoms with E-state index in [-0.39, 0.29) is 22.6 Å². The van der Waals surface area contributed by atoms with Crippen molar-refractivity contribution >= 4 is 24.2 Å². The predicted molar refractivity (Wildman–Crippen MR) is 65.8 cm³/mol. The lowest BCUT2D eigenvalue weighted by Crippen LogP contribution is -2.12. The second-order valence-corrected chi connectivity index (χ2v) is 3.69. The summed E-state index contributed by atoms with van der Waals surface area (Å²) in [4.78, 5) is 44.6. The van der Waals surface area contributed by atoms with E-state index in [2.05, 4.69) is 4.74 Å². The molecule has 1 aromatic rings. The van der Waals surface area contributed by atoms with Crippen LogP contribution in [0.25, 0.3) is 0 Å². The molecule has 0 bridgehead atoms. The van der Waals surface area contributed by atoms with Gasteiger partial charge in [-0.3, -0.25) is 14.4 Å². The second-order valence-electron chi connectivity index (χ2n) is 3.69. The molecule has 0 atom stereocenters. The van der Waals surface area contributed by atoms with Gasteiger partial charge in [-0.1, -0.05) is 0 Å². The fourth-order valence-electron chi connectivity index (χ4n) is 1.46. The SMILES string of the molecule is COC(=O)c1cc(OC(C)=O)cc(C=O)c1OC(C)=O. The highest BCUT2D eigenvalue weighted by Crippen LogP contribution is 2.29. The maximum atomic E-state index is 11.7. The van der Waals surface area contributed by atoms with Crippen molar-refractivity contribution in [1.82, 2.24) is 0 Å². The van der Waals surface area contributed by atoms with Gasteiger partial charge in [-0.2, -0.15) is 0 Å². The highest BCUT2D eigenvalue weighted by molar-refractivity contribution is 5.98. The van der Waals surface area contributed by atoms with Crippen LogP contribution in [0.4, 0.5) is 0 Å². The van der Waals surface area contributed by atoms with Gasteiger partial charge in [0.15, 0.2) is 12.0 Å². The lowest BCUT2D eigenvalue weighted by molar-refractivity contribution is -0.133. The molecule has 0 N–H and O–H groups in total. The molecule has 0 amide bonds. The highest BCUT2D eigenvalue weighted by Gasteiger charge is 2.21. The summed E-state index contributed by atoms with van der Waals surface area (Å²) >= 11 is 0. The van der Waals surface area contributed by atoms with E-state index in [4.69, 9.17) is 9.47 Å². The zero-order valence-corrected chi connectivity index (χ0v) is 11.1. The first-order valence-electron chi connectivity index (χ1n) is 5.47. The average molecular weight is 280 g/mol. The summed E-state index contributed by atoms with van der Waals surface area (Å²) in [7, 11) is 1.12. The third-order valence-electron chi connectivity index (χ3n) is 2.13. The zero-order chi connectivity index (χ0) is 15.3. The molecule has 0 saturated heterocycles. The number of hydrogen-bond acceptors (Lipinski definition) is 7. The molecule has 0 radical (unpaired) electrons. The minimum Gasteiger partial charge on any atom is -0.465 e. The van der Waals surface area contributed by atoms with E-state index in [0.717, 1.165) is 20.1 Å². The van der Waals surface area contributed by atoms with Crippen LogP contribution in [-0.2, 0) is 14.3 Å². The molecule has 106 valence electrons. The van der Waals surface area contributed by atoms with Crippen molar-refractivity contribution < 1.29 is 33.4 Å². The zero-order valence-electron chi connectivity index (χ0n) is 11.1. The number of esters is 3. The highest BCUT2D eigenvalue weighted by atomic mass is 16.5. The minimum absolute atomic E-state index is 0.0316. The van der Waals surface area contributed by atoms with Crippen LogP contribution in [0.3, 0.4) is 0 Å². The van der Waals surface area contributed by atoms with Crippen molar-refractivity contribution in [2.24, 2.45) is 0 Å². The van der Waals surface area contributed by atoms with Gasteiger partial charge in [0.05, 0.1) is 12.7 Å². The van der Waals surface area contributed by atoms with E-state index in [1.54, 1.807) is 0 Å². The fourth-order valence-corrected chi connectivity index (χ4v) is 1.46. The number of carbonyl (C=O) groups is 4. The quantitative estimate of drug-likeness (QED) is 0.463. The molecule has 0 spiro atoms. The van der Waals surface area contributed by atoms with Crippen molar-refractivity contribution in [3.8, 4) is 11.5 Å². The van der Waals surface area contributed by atoms with Gasteiger partial charge in [0.1, 0.15) is 11.3 Å². The van der Waals surface area contributed by atoms with Crippen molar-refractivity contribution in [1.29, 1.82) is 0 Å². The number of aldehydes is 1. The van der Waals surface area contributed by atoms with E-state index < -0.39 is 17.9 Å². The molecule has 0 saturated carbocycles. The Morgan fingerprint density at radius 3 is 2.10 bits per heavy atom. The molecular formula is C13H12O7. The summed E-state index contributed by atoms with van der Waals surface area (Å²) in [5, 5.41) is 0. The number of ether oxygens (including phenoxy) is 3. The molecule has 0 aliphatic heterocycles. The van der Waals surface area contributed by atoms with Gasteiger partial charge >= 0.3 is 17.9 Å². The first kappa shape index (κ1) is 15.4. The molecule has 1 rings (SSSR count). The van der Waals surface area contributed by atoms with Crippen LogP contribution in [0.5, 0.6) is 11.5 Å². The van der Waals surface area contributed by atoms with Crippen LogP contribution < -0.4 is 9.47 Å². The average Bonchev–Trinajstić information content (AvgIpc) is 2.37. The Morgan fingerprint density at radius 1 is 1.05 bits per heavy atom. The van der Waals surface area contributed by atoms with Gasteiger partial charge in [0.25, 0.3) is 0 Å². The van der Waals surface area contributed by atoms with Crippen LogP contribution in [0.2, 0.25) is 0 Å². The molecule has 0 aromatic heterocycles. The van der Waals surface area contributed by atoms with Gasteiger partial charge in [0, 0.05) is 13.8 Å². The monoisotopic (exact) mass is 280 g/mol. The van der Waals surface area contributed by atoms with Crippen molar-refractivity contribution in [3.05, 3.63) is 23.3 Å². The topological polar surface area (TPSA) is 96.0 Å². The van der Waals surface area contributed by atoms with Crippen LogP contribution in [-0.4, -0.2) is 31.3 Å². The molecule has 0 aliphatic carbocycles. The molecule has 0 unspecified atom stereocenters. The van der Waals surface area contributed by atoms with Crippen molar-refractivity contribution in [2.45, 2.75) is 13.8 Å². The number of hydrogen-bond donors (Lipinski definition) is 0. The largest absolute Gasteiger partial charge is 0.465 e. The Balaban J connectivity index is 3.46. The van der Waals surface area contributed by atoms with Gasteiger partial charge in [-0.25, -0.2) is 4.79 Å². The van der Waals surface area contributed by atoms with E-state index in [1.165, 1.54) is 13.0 Å². The maximum absolute atomic E-state index is 11.7. The van der Waals surface area contributed by atoms with E-state index in [1.807, 2.05) is 0 Å². The number of benzene rings is 1. The van der Waals surface area contributed by atoms with E-state index in [9.17, 15) is 19.2 Å². The van der Waals surface area contributed by atoms with Crippen molar-refractivity contribution in [3.63, 3.8) is 0 Å². The predicted octanol–water partition coefficient (Wildman–Crippen LogP) is 1.14. The lowest BCUT2D eigenvalue weighted by Gasteiger charge is -2.12. The summed E-state index contributed by atoms with van der Waals surface area (Å²) in [6.07, 6.45) is 0.373. The Bertz CT molecular complexity index is 574. The lowest BCUT2D eigenvalue weighted by atomic mass is 10.1. The summed E-state index contributed by atoms with van der Waals surface area (Å²) in [6, 6.07) is 2.33. The van der Waals surface area contributed by atoms with Crippen LogP contribution in [0.15, 0.2) is 12.1 Å². The molecule has 0 heterocycles. The van der Waals surface area contributed by atoms with Gasteiger partial charge in [0.2, 0.25) is 0 Å². The van der Waals surface area contributed by atoms with Gasteiger partial charge in [-0.15, -0.1) is 0 Å². The smallest absolute Gasteiger partial charge is 0.341 e. The normalized spacial score (nSPS) is 9.55. The van der Waals surface area contributed by atoms with E-state index >= 15 is 0 Å². The Morgan fingerprint density at radius 2 is 1.65 bits per heavy atom. The van der Waals surface area contributed by atoms with Crippen LogP contribution >= 0.6 is 0 Å². The van der Waals surface area contributed by atoms with Crippen LogP contribution in [0.1, 0.15) is 34.6 Å². The Hall–Kier alpha value is -2.70. The Kier molecular flexibility index (Phi) is 4.96. The molecule has 7 heteroatoms. The molecule has 7 nitrogen and oxygen atoms in total. The summed E-state index contributed by atoms with van der Waals surface area (Å²) < 4.78 is 14.2. The first-order chi connectivity index (χ1) is 9.38. The first-order valence-corrected chi connectivity index (χ1v) is 5.47. The van der Waals surface area contributed by atoms with Gasteiger partial charge < -0.3 is 14.2 Å². The summed E-state index contributed by atoms with van der Waals surface area (Å²) in [5.74, 6) is -2.44. The van der Waals surface area contributed by atoms with Crippen molar-refractivity contribution in [2.75, 3.05) is 7.11 Å². The van der Waals surface area contributed by atoms with Crippen LogP contribution in [0, 0.1) is 0 Å². The van der Waals surface area contributed by atoms with E-state index in [0.29, 0.717) is 6.29 Å².